The minimum absolute atomic E-state index is 0.0930. The summed E-state index contributed by atoms with van der Waals surface area (Å²) in [4.78, 5) is 10.7. The zero-order chi connectivity index (χ0) is 13.1. The van der Waals surface area contributed by atoms with E-state index in [-0.39, 0.29) is 16.7 Å². The monoisotopic (exact) mass is 269 g/mol. The molecule has 1 aliphatic heterocycles. The molecule has 0 aromatic heterocycles. The van der Waals surface area contributed by atoms with Crippen LogP contribution in [0.1, 0.15) is 18.4 Å². The maximum atomic E-state index is 11.0. The first kappa shape index (κ1) is 13.1. The van der Waals surface area contributed by atoms with Crippen molar-refractivity contribution in [2.75, 3.05) is 18.4 Å². The zero-order valence-electron chi connectivity index (χ0n) is 10.2. The Morgan fingerprint density at radius 2 is 2.11 bits per heavy atom. The molecule has 2 N–H and O–H groups in total. The van der Waals surface area contributed by atoms with Crippen LogP contribution < -0.4 is 10.6 Å². The lowest BCUT2D eigenvalue weighted by molar-refractivity contribution is -0.384. The molecule has 1 heterocycles. The molecule has 0 spiro atoms. The van der Waals surface area contributed by atoms with Gasteiger partial charge in [-0.25, -0.2) is 0 Å². The predicted molar refractivity (Wildman–Crippen MR) is 72.4 cm³/mol. The summed E-state index contributed by atoms with van der Waals surface area (Å²) >= 11 is 6.03. The van der Waals surface area contributed by atoms with Crippen LogP contribution in [-0.4, -0.2) is 24.1 Å². The van der Waals surface area contributed by atoms with Crippen molar-refractivity contribution in [2.45, 2.75) is 25.8 Å². The summed E-state index contributed by atoms with van der Waals surface area (Å²) in [5.74, 6) is 0. The van der Waals surface area contributed by atoms with Crippen molar-refractivity contribution in [1.29, 1.82) is 0 Å². The number of nitrogens with zero attached hydrogens (tertiary/aromatic N) is 1. The van der Waals surface area contributed by atoms with Crippen LogP contribution >= 0.6 is 11.6 Å². The van der Waals surface area contributed by atoms with E-state index in [9.17, 15) is 10.1 Å². The fourth-order valence-corrected chi connectivity index (χ4v) is 2.28. The van der Waals surface area contributed by atoms with E-state index in [2.05, 4.69) is 10.6 Å². The van der Waals surface area contributed by atoms with E-state index < -0.39 is 0 Å². The number of anilines is 1. The van der Waals surface area contributed by atoms with Crippen LogP contribution in [0.2, 0.25) is 5.02 Å². The molecule has 18 heavy (non-hydrogen) atoms. The Hall–Kier alpha value is -1.33. The SMILES string of the molecule is Cc1cc([N+](=O)[O-])c(NC2CCNCC2)cc1Cl. The molecule has 1 aliphatic rings. The number of hydrogen-bond donors (Lipinski definition) is 2. The normalized spacial score (nSPS) is 16.6. The lowest BCUT2D eigenvalue weighted by atomic mass is 10.1. The molecule has 5 nitrogen and oxygen atoms in total. The summed E-state index contributed by atoms with van der Waals surface area (Å²) in [7, 11) is 0. The molecule has 1 aromatic carbocycles. The largest absolute Gasteiger partial charge is 0.377 e. The van der Waals surface area contributed by atoms with Gasteiger partial charge in [-0.05, 0) is 44.5 Å². The second kappa shape index (κ2) is 5.54. The van der Waals surface area contributed by atoms with Crippen LogP contribution in [0.15, 0.2) is 12.1 Å². The van der Waals surface area contributed by atoms with Gasteiger partial charge in [0, 0.05) is 17.1 Å². The highest BCUT2D eigenvalue weighted by Crippen LogP contribution is 2.31. The number of halogens is 1. The van der Waals surface area contributed by atoms with Crippen molar-refractivity contribution in [3.8, 4) is 0 Å². The van der Waals surface area contributed by atoms with E-state index in [4.69, 9.17) is 11.6 Å². The third kappa shape index (κ3) is 2.91. The van der Waals surface area contributed by atoms with Crippen LogP contribution in [0.5, 0.6) is 0 Å². The van der Waals surface area contributed by atoms with Gasteiger partial charge >= 0.3 is 0 Å². The average molecular weight is 270 g/mol. The van der Waals surface area contributed by atoms with Crippen LogP contribution in [0, 0.1) is 17.0 Å². The molecule has 0 aliphatic carbocycles. The zero-order valence-corrected chi connectivity index (χ0v) is 11.0. The summed E-state index contributed by atoms with van der Waals surface area (Å²) in [6, 6.07) is 3.44. The highest BCUT2D eigenvalue weighted by molar-refractivity contribution is 6.31. The van der Waals surface area contributed by atoms with E-state index in [1.54, 1.807) is 13.0 Å². The molecule has 2 rings (SSSR count). The van der Waals surface area contributed by atoms with E-state index in [0.29, 0.717) is 10.7 Å². The topological polar surface area (TPSA) is 67.2 Å². The van der Waals surface area contributed by atoms with Gasteiger partial charge in [-0.3, -0.25) is 10.1 Å². The number of hydrogen-bond acceptors (Lipinski definition) is 4. The standard InChI is InChI=1S/C12H16ClN3O2/c1-8-6-12(16(17)18)11(7-10(8)13)15-9-2-4-14-5-3-9/h6-7,9,14-15H,2-5H2,1H3. The van der Waals surface area contributed by atoms with Crippen LogP contribution in [-0.2, 0) is 0 Å². The average Bonchev–Trinajstić information content (AvgIpc) is 2.34. The minimum atomic E-state index is -0.368. The van der Waals surface area contributed by atoms with E-state index >= 15 is 0 Å². The second-order valence-electron chi connectivity index (χ2n) is 4.54. The van der Waals surface area contributed by atoms with Crippen LogP contribution in [0.3, 0.4) is 0 Å². The lowest BCUT2D eigenvalue weighted by Gasteiger charge is -2.24. The fourth-order valence-electron chi connectivity index (χ4n) is 2.12. The van der Waals surface area contributed by atoms with Gasteiger partial charge in [0.1, 0.15) is 5.69 Å². The summed E-state index contributed by atoms with van der Waals surface area (Å²) < 4.78 is 0. The summed E-state index contributed by atoms with van der Waals surface area (Å²) in [5.41, 5.74) is 1.33. The second-order valence-corrected chi connectivity index (χ2v) is 4.95. The molecule has 6 heteroatoms. The number of rotatable bonds is 3. The van der Waals surface area contributed by atoms with E-state index in [0.717, 1.165) is 31.5 Å². The van der Waals surface area contributed by atoms with Gasteiger partial charge < -0.3 is 10.6 Å². The molecule has 1 fully saturated rings. The van der Waals surface area contributed by atoms with Gasteiger partial charge in [0.15, 0.2) is 0 Å². The first-order chi connectivity index (χ1) is 8.58. The Balaban J connectivity index is 2.24. The Morgan fingerprint density at radius 3 is 2.72 bits per heavy atom. The van der Waals surface area contributed by atoms with Crippen molar-refractivity contribution in [1.82, 2.24) is 5.32 Å². The predicted octanol–water partition coefficient (Wildman–Crippen LogP) is 2.72. The van der Waals surface area contributed by atoms with Crippen molar-refractivity contribution < 1.29 is 4.92 Å². The first-order valence-corrected chi connectivity index (χ1v) is 6.37. The molecule has 0 unspecified atom stereocenters. The Labute approximate surface area is 111 Å². The smallest absolute Gasteiger partial charge is 0.292 e. The van der Waals surface area contributed by atoms with Crippen LogP contribution in [0.25, 0.3) is 0 Å². The summed E-state index contributed by atoms with van der Waals surface area (Å²) in [6.07, 6.45) is 1.92. The Bertz CT molecular complexity index is 459. The minimum Gasteiger partial charge on any atom is -0.377 e. The van der Waals surface area contributed by atoms with Crippen molar-refractivity contribution >= 4 is 23.0 Å². The first-order valence-electron chi connectivity index (χ1n) is 5.99. The highest BCUT2D eigenvalue weighted by atomic mass is 35.5. The summed E-state index contributed by atoms with van der Waals surface area (Å²) in [5, 5.41) is 18.1. The maximum Gasteiger partial charge on any atom is 0.292 e. The van der Waals surface area contributed by atoms with Crippen LogP contribution in [0.4, 0.5) is 11.4 Å². The molecule has 0 saturated carbocycles. The molecule has 0 amide bonds. The number of nitro groups is 1. The third-order valence-corrected chi connectivity index (χ3v) is 3.58. The molecule has 0 atom stereocenters. The molecular formula is C12H16ClN3O2. The number of nitrogens with one attached hydrogen (secondary N) is 2. The third-order valence-electron chi connectivity index (χ3n) is 3.17. The van der Waals surface area contributed by atoms with Crippen molar-refractivity contribution in [3.63, 3.8) is 0 Å². The molecule has 0 radical (unpaired) electrons. The molecule has 1 aromatic rings. The van der Waals surface area contributed by atoms with E-state index in [1.165, 1.54) is 6.07 Å². The summed E-state index contributed by atoms with van der Waals surface area (Å²) in [6.45, 7) is 3.64. The maximum absolute atomic E-state index is 11.0. The van der Waals surface area contributed by atoms with Crippen molar-refractivity contribution in [3.05, 3.63) is 32.8 Å². The van der Waals surface area contributed by atoms with Gasteiger partial charge in [-0.2, -0.15) is 0 Å². The Kier molecular flexibility index (Phi) is 4.04. The quantitative estimate of drug-likeness (QED) is 0.654. The Morgan fingerprint density at radius 1 is 1.44 bits per heavy atom. The van der Waals surface area contributed by atoms with Gasteiger partial charge in [0.25, 0.3) is 5.69 Å². The number of nitro benzene ring substituents is 1. The molecule has 1 saturated heterocycles. The number of aryl methyl sites for hydroxylation is 1. The molecular weight excluding hydrogens is 254 g/mol. The molecule has 0 bridgehead atoms. The molecule has 98 valence electrons. The van der Waals surface area contributed by atoms with Gasteiger partial charge in [-0.15, -0.1) is 0 Å². The van der Waals surface area contributed by atoms with E-state index in [1.807, 2.05) is 0 Å². The number of benzene rings is 1. The fraction of sp³-hybridized carbons (Fsp3) is 0.500. The van der Waals surface area contributed by atoms with Gasteiger partial charge in [-0.1, -0.05) is 11.6 Å². The number of piperidine rings is 1. The van der Waals surface area contributed by atoms with Crippen molar-refractivity contribution in [2.24, 2.45) is 0 Å². The van der Waals surface area contributed by atoms with Gasteiger partial charge in [0.2, 0.25) is 0 Å². The van der Waals surface area contributed by atoms with Gasteiger partial charge in [0.05, 0.1) is 4.92 Å². The lowest BCUT2D eigenvalue weighted by Crippen LogP contribution is -2.35. The highest BCUT2D eigenvalue weighted by Gasteiger charge is 2.20.